The van der Waals surface area contributed by atoms with Gasteiger partial charge in [0.15, 0.2) is 0 Å². The number of terminal acetylenes is 1. The number of unbranched alkanes of at least 4 members (excludes halogenated alkanes) is 1. The van der Waals surface area contributed by atoms with Gasteiger partial charge in [0, 0.05) is 18.5 Å². The Morgan fingerprint density at radius 1 is 1.31 bits per heavy atom. The maximum Gasteiger partial charge on any atom is 0.126 e. The van der Waals surface area contributed by atoms with Crippen LogP contribution in [0, 0.1) is 24.0 Å². The number of nitrogens with one attached hydrogen (secondary N) is 1. The van der Waals surface area contributed by atoms with Crippen molar-refractivity contribution in [3.63, 3.8) is 0 Å². The molecule has 1 aromatic rings. The normalized spacial score (nSPS) is 12.1. The van der Waals surface area contributed by atoms with Crippen LogP contribution in [0.3, 0.4) is 0 Å². The van der Waals surface area contributed by atoms with Gasteiger partial charge < -0.3 is 0 Å². The van der Waals surface area contributed by atoms with E-state index in [1.807, 2.05) is 0 Å². The fourth-order valence-corrected chi connectivity index (χ4v) is 1.53. The molecule has 16 heavy (non-hydrogen) atoms. The molecule has 0 radical (unpaired) electrons. The average molecular weight is 224 g/mol. The van der Waals surface area contributed by atoms with Gasteiger partial charge in [0.2, 0.25) is 0 Å². The summed E-state index contributed by atoms with van der Waals surface area (Å²) in [5, 5.41) is 0. The highest BCUT2D eigenvalue weighted by atomic mass is 19.1. The number of hydrogen-bond acceptors (Lipinski definition) is 2. The molecule has 4 heteroatoms. The van der Waals surface area contributed by atoms with Crippen LogP contribution in [-0.4, -0.2) is 0 Å². The van der Waals surface area contributed by atoms with Crippen LogP contribution >= 0.6 is 0 Å². The second kappa shape index (κ2) is 6.21. The minimum absolute atomic E-state index is 0.279. The molecule has 0 aromatic heterocycles. The minimum atomic E-state index is -0.604. The summed E-state index contributed by atoms with van der Waals surface area (Å²) >= 11 is 0. The van der Waals surface area contributed by atoms with Crippen molar-refractivity contribution >= 4 is 0 Å². The Balaban J connectivity index is 2.74. The summed E-state index contributed by atoms with van der Waals surface area (Å²) in [6.45, 7) is 0. The molecular weight excluding hydrogens is 210 g/mol. The molecule has 1 rings (SSSR count). The standard InChI is InChI=1S/C12H14F2N2/c1-2-3-4-5-12(16-15)9-6-10(13)8-11(14)7-9/h1,6-8,12,16H,3-5,15H2. The molecule has 1 unspecified atom stereocenters. The van der Waals surface area contributed by atoms with E-state index in [0.29, 0.717) is 18.4 Å². The highest BCUT2D eigenvalue weighted by Gasteiger charge is 2.11. The van der Waals surface area contributed by atoms with Crippen molar-refractivity contribution in [1.82, 2.24) is 5.43 Å². The smallest absolute Gasteiger partial charge is 0.126 e. The Kier molecular flexibility index (Phi) is 4.90. The van der Waals surface area contributed by atoms with Crippen LogP contribution in [-0.2, 0) is 0 Å². The molecule has 0 saturated carbocycles. The number of nitrogens with two attached hydrogens (primary N) is 1. The molecule has 86 valence electrons. The first-order valence-corrected chi connectivity index (χ1v) is 5.03. The van der Waals surface area contributed by atoms with E-state index in [9.17, 15) is 8.78 Å². The molecule has 0 saturated heterocycles. The molecule has 0 spiro atoms. The van der Waals surface area contributed by atoms with Crippen LogP contribution in [0.4, 0.5) is 8.78 Å². The molecule has 0 aliphatic carbocycles. The Hall–Kier alpha value is -1.44. The molecule has 2 nitrogen and oxygen atoms in total. The van der Waals surface area contributed by atoms with Crippen molar-refractivity contribution in [2.45, 2.75) is 25.3 Å². The predicted molar refractivity (Wildman–Crippen MR) is 59.1 cm³/mol. The highest BCUT2D eigenvalue weighted by molar-refractivity contribution is 5.21. The van der Waals surface area contributed by atoms with E-state index in [1.54, 1.807) is 0 Å². The molecule has 3 N–H and O–H groups in total. The lowest BCUT2D eigenvalue weighted by molar-refractivity contribution is 0.492. The number of rotatable bonds is 5. The largest absolute Gasteiger partial charge is 0.271 e. The summed E-state index contributed by atoms with van der Waals surface area (Å²) in [7, 11) is 0. The predicted octanol–water partition coefficient (Wildman–Crippen LogP) is 2.27. The second-order valence-corrected chi connectivity index (χ2v) is 3.52. The van der Waals surface area contributed by atoms with Crippen LogP contribution in [0.1, 0.15) is 30.9 Å². The maximum atomic E-state index is 13.0. The van der Waals surface area contributed by atoms with Gasteiger partial charge in [-0.3, -0.25) is 11.3 Å². The monoisotopic (exact) mass is 224 g/mol. The van der Waals surface area contributed by atoms with E-state index in [1.165, 1.54) is 12.1 Å². The molecule has 0 fully saturated rings. The Labute approximate surface area is 93.8 Å². The van der Waals surface area contributed by atoms with Crippen molar-refractivity contribution in [2.75, 3.05) is 0 Å². The number of hydrazine groups is 1. The summed E-state index contributed by atoms with van der Waals surface area (Å²) in [4.78, 5) is 0. The lowest BCUT2D eigenvalue weighted by atomic mass is 10.0. The van der Waals surface area contributed by atoms with Crippen molar-refractivity contribution in [1.29, 1.82) is 0 Å². The summed E-state index contributed by atoms with van der Waals surface area (Å²) in [5.41, 5.74) is 3.03. The van der Waals surface area contributed by atoms with Gasteiger partial charge in [-0.25, -0.2) is 8.78 Å². The first-order valence-electron chi connectivity index (χ1n) is 5.03. The van der Waals surface area contributed by atoms with Crippen molar-refractivity contribution in [3.8, 4) is 12.3 Å². The first kappa shape index (κ1) is 12.6. The number of benzene rings is 1. The van der Waals surface area contributed by atoms with E-state index >= 15 is 0 Å². The van der Waals surface area contributed by atoms with Crippen LogP contribution in [0.2, 0.25) is 0 Å². The second-order valence-electron chi connectivity index (χ2n) is 3.52. The van der Waals surface area contributed by atoms with Crippen LogP contribution < -0.4 is 11.3 Å². The molecule has 1 atom stereocenters. The summed E-state index contributed by atoms with van der Waals surface area (Å²) in [6, 6.07) is 3.09. The molecule has 1 aromatic carbocycles. The van der Waals surface area contributed by atoms with Crippen LogP contribution in [0.15, 0.2) is 18.2 Å². The fraction of sp³-hybridized carbons (Fsp3) is 0.333. The van der Waals surface area contributed by atoms with Gasteiger partial charge >= 0.3 is 0 Å². The summed E-state index contributed by atoms with van der Waals surface area (Å²) in [6.07, 6.45) is 7.14. The number of hydrogen-bond donors (Lipinski definition) is 2. The van der Waals surface area contributed by atoms with Gasteiger partial charge in [-0.1, -0.05) is 0 Å². The minimum Gasteiger partial charge on any atom is -0.271 e. The average Bonchev–Trinajstić information content (AvgIpc) is 2.23. The van der Waals surface area contributed by atoms with Gasteiger partial charge in [0.05, 0.1) is 0 Å². The molecule has 0 bridgehead atoms. The third-order valence-electron chi connectivity index (χ3n) is 2.30. The quantitative estimate of drug-likeness (QED) is 0.348. The lowest BCUT2D eigenvalue weighted by Gasteiger charge is -2.15. The molecule has 0 aliphatic heterocycles. The van der Waals surface area contributed by atoms with E-state index in [2.05, 4.69) is 11.3 Å². The van der Waals surface area contributed by atoms with Gasteiger partial charge in [-0.15, -0.1) is 12.3 Å². The van der Waals surface area contributed by atoms with Crippen LogP contribution in [0.25, 0.3) is 0 Å². The van der Waals surface area contributed by atoms with Gasteiger partial charge in [0.25, 0.3) is 0 Å². The van der Waals surface area contributed by atoms with Crippen LogP contribution in [0.5, 0.6) is 0 Å². The third kappa shape index (κ3) is 3.61. The Bertz CT molecular complexity index is 365. The highest BCUT2D eigenvalue weighted by Crippen LogP contribution is 2.20. The fourth-order valence-electron chi connectivity index (χ4n) is 1.53. The third-order valence-corrected chi connectivity index (χ3v) is 2.30. The van der Waals surface area contributed by atoms with Gasteiger partial charge in [0.1, 0.15) is 11.6 Å². The zero-order chi connectivity index (χ0) is 12.0. The molecular formula is C12H14F2N2. The van der Waals surface area contributed by atoms with Crippen molar-refractivity contribution in [3.05, 3.63) is 35.4 Å². The Morgan fingerprint density at radius 2 is 1.94 bits per heavy atom. The maximum absolute atomic E-state index is 13.0. The van der Waals surface area contributed by atoms with Crippen molar-refractivity contribution in [2.24, 2.45) is 5.84 Å². The number of halogens is 2. The Morgan fingerprint density at radius 3 is 2.44 bits per heavy atom. The molecule has 0 amide bonds. The van der Waals surface area contributed by atoms with E-state index in [4.69, 9.17) is 12.3 Å². The molecule has 0 aliphatic rings. The molecule has 0 heterocycles. The van der Waals surface area contributed by atoms with Crippen molar-refractivity contribution < 1.29 is 8.78 Å². The van der Waals surface area contributed by atoms with Gasteiger partial charge in [-0.2, -0.15) is 0 Å². The van der Waals surface area contributed by atoms with Gasteiger partial charge in [-0.05, 0) is 30.5 Å². The topological polar surface area (TPSA) is 38.0 Å². The lowest BCUT2D eigenvalue weighted by Crippen LogP contribution is -2.28. The van der Waals surface area contributed by atoms with E-state index in [-0.39, 0.29) is 6.04 Å². The van der Waals surface area contributed by atoms with E-state index in [0.717, 1.165) is 12.5 Å². The summed E-state index contributed by atoms with van der Waals surface area (Å²) in [5.74, 6) is 6.64. The first-order chi connectivity index (χ1) is 7.67. The zero-order valence-electron chi connectivity index (χ0n) is 8.84. The SMILES string of the molecule is C#CCCCC(NN)c1cc(F)cc(F)c1. The van der Waals surface area contributed by atoms with E-state index < -0.39 is 11.6 Å². The summed E-state index contributed by atoms with van der Waals surface area (Å²) < 4.78 is 25.9. The zero-order valence-corrected chi connectivity index (χ0v) is 8.84.